The zero-order valence-electron chi connectivity index (χ0n) is 11.4. The van der Waals surface area contributed by atoms with Crippen LogP contribution in [-0.2, 0) is 13.6 Å². The molecule has 0 radical (unpaired) electrons. The van der Waals surface area contributed by atoms with Crippen molar-refractivity contribution in [1.29, 1.82) is 0 Å². The monoisotopic (exact) mass is 313 g/mol. The van der Waals surface area contributed by atoms with Gasteiger partial charge in [-0.2, -0.15) is 8.29 Å². The molecular formula is C10H22N2O3PS2+. The lowest BCUT2D eigenvalue weighted by Gasteiger charge is -2.21. The van der Waals surface area contributed by atoms with Crippen molar-refractivity contribution in [2.75, 3.05) is 38.4 Å². The van der Waals surface area contributed by atoms with Crippen molar-refractivity contribution in [3.05, 3.63) is 0 Å². The molecule has 106 valence electrons. The molecule has 1 heterocycles. The van der Waals surface area contributed by atoms with E-state index in [0.29, 0.717) is 19.4 Å². The van der Waals surface area contributed by atoms with Crippen molar-refractivity contribution < 1.29 is 17.6 Å². The second-order valence-electron chi connectivity index (χ2n) is 3.72. The predicted octanol–water partition coefficient (Wildman–Crippen LogP) is 2.53. The van der Waals surface area contributed by atoms with E-state index in [9.17, 15) is 4.57 Å². The molecule has 1 rings (SSSR count). The predicted molar refractivity (Wildman–Crippen MR) is 79.6 cm³/mol. The van der Waals surface area contributed by atoms with Crippen LogP contribution < -0.4 is 0 Å². The van der Waals surface area contributed by atoms with Gasteiger partial charge in [-0.25, -0.2) is 0 Å². The molecule has 1 aliphatic rings. The van der Waals surface area contributed by atoms with Gasteiger partial charge in [0, 0.05) is 12.5 Å². The van der Waals surface area contributed by atoms with E-state index in [1.807, 2.05) is 32.7 Å². The number of hydrogen-bond donors (Lipinski definition) is 0. The molecular weight excluding hydrogens is 291 g/mol. The Hall–Kier alpha value is 0.320. The highest BCUT2D eigenvalue weighted by atomic mass is 32.2. The van der Waals surface area contributed by atoms with Gasteiger partial charge in [0.2, 0.25) is 0 Å². The van der Waals surface area contributed by atoms with E-state index in [4.69, 9.17) is 9.05 Å². The van der Waals surface area contributed by atoms with Crippen molar-refractivity contribution in [1.82, 2.24) is 4.31 Å². The summed E-state index contributed by atoms with van der Waals surface area (Å²) in [7, 11) is -2.97. The van der Waals surface area contributed by atoms with E-state index in [0.717, 1.165) is 6.54 Å². The highest BCUT2D eigenvalue weighted by Crippen LogP contribution is 2.49. The standard InChI is InChI=1S/C10H22N2O3PS2/c1-5-14-16(13,15-6-2)8-10-7-11(17-3)9-12(10)18-4/h9-10H,5-8H2,1-4H3/q+1. The summed E-state index contributed by atoms with van der Waals surface area (Å²) < 4.78 is 27.5. The molecule has 0 bridgehead atoms. The summed E-state index contributed by atoms with van der Waals surface area (Å²) in [6, 6.07) is 0.163. The Balaban J connectivity index is 2.67. The molecule has 0 saturated carbocycles. The number of nitrogens with zero attached hydrogens (tertiary/aromatic N) is 2. The van der Waals surface area contributed by atoms with Gasteiger partial charge in [-0.15, -0.1) is 0 Å². The van der Waals surface area contributed by atoms with Gasteiger partial charge in [0.25, 0.3) is 6.34 Å². The summed E-state index contributed by atoms with van der Waals surface area (Å²) in [5.41, 5.74) is 0. The molecule has 0 aromatic heterocycles. The summed E-state index contributed by atoms with van der Waals surface area (Å²) in [5.74, 6) is 0. The van der Waals surface area contributed by atoms with Gasteiger partial charge in [-0.1, -0.05) is 0 Å². The van der Waals surface area contributed by atoms with Crippen LogP contribution in [0.4, 0.5) is 0 Å². The van der Waals surface area contributed by atoms with Crippen LogP contribution in [-0.4, -0.2) is 59.1 Å². The summed E-state index contributed by atoms with van der Waals surface area (Å²) in [6.07, 6.45) is 6.52. The van der Waals surface area contributed by atoms with Gasteiger partial charge in [0.05, 0.1) is 43.3 Å². The van der Waals surface area contributed by atoms with E-state index in [2.05, 4.69) is 8.29 Å². The molecule has 18 heavy (non-hydrogen) atoms. The molecule has 0 aromatic rings. The third-order valence-electron chi connectivity index (χ3n) is 2.52. The SMILES string of the molecule is CCOP(=O)(CC1C[N+](SC)=CN1SC)OCC. The summed E-state index contributed by atoms with van der Waals surface area (Å²) in [5, 5.41) is 0. The van der Waals surface area contributed by atoms with Crippen LogP contribution in [0, 0.1) is 0 Å². The largest absolute Gasteiger partial charge is 0.335 e. The van der Waals surface area contributed by atoms with Gasteiger partial charge >= 0.3 is 7.60 Å². The van der Waals surface area contributed by atoms with E-state index >= 15 is 0 Å². The van der Waals surface area contributed by atoms with E-state index < -0.39 is 7.60 Å². The zero-order chi connectivity index (χ0) is 13.6. The third-order valence-corrected chi connectivity index (χ3v) is 6.22. The van der Waals surface area contributed by atoms with Crippen LogP contribution in [0.2, 0.25) is 0 Å². The maximum Gasteiger partial charge on any atom is 0.335 e. The lowest BCUT2D eigenvalue weighted by atomic mass is 10.4. The van der Waals surface area contributed by atoms with Crippen LogP contribution in [0.25, 0.3) is 0 Å². The van der Waals surface area contributed by atoms with Crippen LogP contribution in [0.15, 0.2) is 0 Å². The van der Waals surface area contributed by atoms with Crippen molar-refractivity contribution in [3.63, 3.8) is 0 Å². The molecule has 0 aliphatic carbocycles. The lowest BCUT2D eigenvalue weighted by Crippen LogP contribution is -2.30. The Morgan fingerprint density at radius 2 is 2.00 bits per heavy atom. The second kappa shape index (κ2) is 7.80. The fourth-order valence-electron chi connectivity index (χ4n) is 1.81. The quantitative estimate of drug-likeness (QED) is 0.390. The van der Waals surface area contributed by atoms with Gasteiger partial charge in [0.15, 0.2) is 6.04 Å². The van der Waals surface area contributed by atoms with E-state index in [1.165, 1.54) is 0 Å². The fraction of sp³-hybridized carbons (Fsp3) is 0.900. The maximum absolute atomic E-state index is 12.5. The Kier molecular flexibility index (Phi) is 7.10. The Bertz CT molecular complexity index is 331. The fourth-order valence-corrected chi connectivity index (χ4v) is 5.02. The van der Waals surface area contributed by atoms with Crippen LogP contribution in [0.1, 0.15) is 13.8 Å². The Morgan fingerprint density at radius 3 is 2.44 bits per heavy atom. The average Bonchev–Trinajstić information content (AvgIpc) is 2.71. The first-order valence-electron chi connectivity index (χ1n) is 5.94. The first-order valence-corrected chi connectivity index (χ1v) is 10.0. The molecule has 0 saturated heterocycles. The summed E-state index contributed by atoms with van der Waals surface area (Å²) >= 11 is 3.29. The van der Waals surface area contributed by atoms with Gasteiger partial charge in [0.1, 0.15) is 6.54 Å². The van der Waals surface area contributed by atoms with E-state index in [1.54, 1.807) is 23.9 Å². The average molecular weight is 313 g/mol. The molecule has 0 fully saturated rings. The molecule has 0 amide bonds. The zero-order valence-corrected chi connectivity index (χ0v) is 13.9. The van der Waals surface area contributed by atoms with Gasteiger partial charge in [-0.05, 0) is 13.8 Å². The first kappa shape index (κ1) is 16.4. The topological polar surface area (TPSA) is 41.8 Å². The highest BCUT2D eigenvalue weighted by Gasteiger charge is 2.39. The van der Waals surface area contributed by atoms with Gasteiger partial charge < -0.3 is 9.05 Å². The lowest BCUT2D eigenvalue weighted by molar-refractivity contribution is -0.332. The van der Waals surface area contributed by atoms with Crippen LogP contribution in [0.5, 0.6) is 0 Å². The Morgan fingerprint density at radius 1 is 1.39 bits per heavy atom. The molecule has 1 aliphatic heterocycles. The highest BCUT2D eigenvalue weighted by molar-refractivity contribution is 7.96. The first-order chi connectivity index (χ1) is 8.58. The maximum atomic E-state index is 12.5. The molecule has 0 spiro atoms. The van der Waals surface area contributed by atoms with E-state index in [-0.39, 0.29) is 6.04 Å². The van der Waals surface area contributed by atoms with Crippen molar-refractivity contribution >= 4 is 37.8 Å². The summed E-state index contributed by atoms with van der Waals surface area (Å²) in [6.45, 7) is 5.35. The van der Waals surface area contributed by atoms with Crippen molar-refractivity contribution in [2.45, 2.75) is 19.9 Å². The second-order valence-corrected chi connectivity index (χ2v) is 7.45. The third kappa shape index (κ3) is 4.46. The molecule has 8 heteroatoms. The minimum atomic E-state index is -2.97. The molecule has 5 nitrogen and oxygen atoms in total. The number of hydrogen-bond acceptors (Lipinski definition) is 6. The van der Waals surface area contributed by atoms with Crippen LogP contribution >= 0.6 is 31.5 Å². The van der Waals surface area contributed by atoms with Crippen molar-refractivity contribution in [3.8, 4) is 0 Å². The normalized spacial score (nSPS) is 20.3. The van der Waals surface area contributed by atoms with Crippen LogP contribution in [0.3, 0.4) is 0 Å². The minimum absolute atomic E-state index is 0.163. The minimum Gasteiger partial charge on any atom is -0.309 e. The number of rotatable bonds is 8. The molecule has 1 unspecified atom stereocenters. The van der Waals surface area contributed by atoms with Gasteiger partial charge in [-0.3, -0.25) is 4.57 Å². The summed E-state index contributed by atoms with van der Waals surface area (Å²) in [4.78, 5) is 0. The molecule has 0 aromatic carbocycles. The Labute approximate surface area is 118 Å². The molecule has 0 N–H and O–H groups in total. The smallest absolute Gasteiger partial charge is 0.309 e. The van der Waals surface area contributed by atoms with Crippen molar-refractivity contribution in [2.24, 2.45) is 0 Å². The molecule has 1 atom stereocenters.